The second kappa shape index (κ2) is 6.33. The summed E-state index contributed by atoms with van der Waals surface area (Å²) in [5.74, 6) is 0. The Morgan fingerprint density at radius 3 is 0.684 bits per heavy atom. The van der Waals surface area contributed by atoms with Crippen molar-refractivity contribution in [1.82, 2.24) is 0 Å². The first kappa shape index (κ1) is 20.5. The average Bonchev–Trinajstić information content (AvgIpc) is 1.91. The molecule has 0 heterocycles. The van der Waals surface area contributed by atoms with Gasteiger partial charge >= 0.3 is 133 Å². The van der Waals surface area contributed by atoms with E-state index in [1.54, 1.807) is 0 Å². The van der Waals surface area contributed by atoms with Gasteiger partial charge in [-0.2, -0.15) is 0 Å². The Kier molecular flexibility index (Phi) is 6.84. The first-order valence-electron chi connectivity index (χ1n) is 7.18. The van der Waals surface area contributed by atoms with Gasteiger partial charge in [0, 0.05) is 0 Å². The van der Waals surface area contributed by atoms with E-state index in [-0.39, 0.29) is 12.2 Å². The molecule has 0 aromatic carbocycles. The molecule has 0 aromatic heterocycles. The zero-order valence-electron chi connectivity index (χ0n) is 15.2. The fraction of sp³-hybridized carbons (Fsp3) is 1.00. The molecule has 0 aliphatic carbocycles. The Bertz CT molecular complexity index is 226. The van der Waals surface area contributed by atoms with E-state index in [0.717, 1.165) is 17.0 Å². The summed E-state index contributed by atoms with van der Waals surface area (Å²) in [5.41, 5.74) is 0. The van der Waals surface area contributed by atoms with Gasteiger partial charge < -0.3 is 0 Å². The van der Waals surface area contributed by atoms with Gasteiger partial charge in [0.2, 0.25) is 0 Å². The fourth-order valence-corrected chi connectivity index (χ4v) is 29.6. The number of hydrogen-bond donors (Lipinski definition) is 0. The van der Waals surface area contributed by atoms with E-state index in [0.29, 0.717) is 20.6 Å². The first-order valence-corrected chi connectivity index (χ1v) is 13.7. The third-order valence-electron chi connectivity index (χ3n) is 2.32. The van der Waals surface area contributed by atoms with Crippen LogP contribution in [0.15, 0.2) is 0 Å². The molecule has 0 N–H and O–H groups in total. The summed E-state index contributed by atoms with van der Waals surface area (Å²) in [6.07, 6.45) is 0.136. The van der Waals surface area contributed by atoms with Crippen LogP contribution >= 0.6 is 12.2 Å². The van der Waals surface area contributed by atoms with Crippen LogP contribution in [-0.4, -0.2) is 20.6 Å². The molecular weight excluding hydrogens is 361 g/mol. The van der Waals surface area contributed by atoms with Crippen LogP contribution in [0.3, 0.4) is 0 Å². The summed E-state index contributed by atoms with van der Waals surface area (Å²) in [5, 5.41) is 1.89. The molecule has 0 unspecified atom stereocenters. The normalized spacial score (nSPS) is 15.7. The van der Waals surface area contributed by atoms with Gasteiger partial charge in [-0.05, 0) is 0 Å². The molecule has 19 heavy (non-hydrogen) atoms. The maximum absolute atomic E-state index is 2.46. The van der Waals surface area contributed by atoms with Crippen molar-refractivity contribution in [2.24, 2.45) is 0 Å². The summed E-state index contributed by atoms with van der Waals surface area (Å²) >= 11 is 0.910. The molecule has 0 amide bonds. The molecule has 0 saturated heterocycles. The van der Waals surface area contributed by atoms with Gasteiger partial charge in [0.05, 0.1) is 0 Å². The maximum atomic E-state index is 2.46. The topological polar surface area (TPSA) is 0 Å². The third kappa shape index (κ3) is 6.88. The van der Waals surface area contributed by atoms with E-state index in [1.807, 2.05) is 0 Å². The predicted octanol–water partition coefficient (Wildman–Crippen LogP) is 7.06. The van der Waals surface area contributed by atoms with Crippen LogP contribution in [0.1, 0.15) is 83.1 Å². The van der Waals surface area contributed by atoms with Crippen molar-refractivity contribution < 1.29 is 17.0 Å². The van der Waals surface area contributed by atoms with Crippen molar-refractivity contribution in [2.45, 2.75) is 104 Å². The second-order valence-electron chi connectivity index (χ2n) is 9.25. The molecule has 0 saturated carbocycles. The van der Waals surface area contributed by atoms with Gasteiger partial charge in [-0.3, -0.25) is 0 Å². The van der Waals surface area contributed by atoms with E-state index in [9.17, 15) is 0 Å². The van der Waals surface area contributed by atoms with Crippen LogP contribution in [0.4, 0.5) is 0 Å². The fourth-order valence-electron chi connectivity index (χ4n) is 2.46. The summed E-state index contributed by atoms with van der Waals surface area (Å²) in [6.45, 7) is 29.5. The van der Waals surface area contributed by atoms with Crippen LogP contribution in [-0.2, 0) is 17.0 Å². The van der Waals surface area contributed by atoms with Gasteiger partial charge in [0.25, 0.3) is 0 Å². The third-order valence-corrected chi connectivity index (χ3v) is 25.8. The molecule has 3 heteroatoms. The minimum absolute atomic E-state index is 0.0681. The molecule has 0 aliphatic heterocycles. The molecule has 0 spiro atoms. The summed E-state index contributed by atoms with van der Waals surface area (Å²) < 4.78 is 0. The molecular formula is C16H36P2Pd. The van der Waals surface area contributed by atoms with Crippen molar-refractivity contribution in [2.75, 3.05) is 0 Å². The zero-order chi connectivity index (χ0) is 15.9. The SMILES string of the molecule is CC(C)(C)[P]([Pd][P](C(C)(C)C)C(C)(C)C)C(C)(C)C. The van der Waals surface area contributed by atoms with Crippen LogP contribution in [0, 0.1) is 0 Å². The van der Waals surface area contributed by atoms with Gasteiger partial charge in [0.1, 0.15) is 0 Å². The molecule has 0 aromatic rings. The van der Waals surface area contributed by atoms with Crippen molar-refractivity contribution in [1.29, 1.82) is 0 Å². The zero-order valence-corrected chi connectivity index (χ0v) is 18.6. The quantitative estimate of drug-likeness (QED) is 0.346. The Morgan fingerprint density at radius 1 is 0.421 bits per heavy atom. The van der Waals surface area contributed by atoms with Crippen molar-refractivity contribution >= 4 is 12.2 Å². The molecule has 120 valence electrons. The van der Waals surface area contributed by atoms with E-state index in [4.69, 9.17) is 0 Å². The van der Waals surface area contributed by atoms with Crippen LogP contribution in [0.25, 0.3) is 0 Å². The first-order chi connectivity index (χ1) is 7.97. The molecule has 0 fully saturated rings. The predicted molar refractivity (Wildman–Crippen MR) is 92.9 cm³/mol. The molecule has 0 bridgehead atoms. The summed E-state index contributed by atoms with van der Waals surface area (Å²) in [4.78, 5) is 0. The van der Waals surface area contributed by atoms with Crippen molar-refractivity contribution in [3.05, 3.63) is 0 Å². The molecule has 0 nitrogen and oxygen atoms in total. The van der Waals surface area contributed by atoms with Gasteiger partial charge in [-0.1, -0.05) is 0 Å². The van der Waals surface area contributed by atoms with Crippen molar-refractivity contribution in [3.63, 3.8) is 0 Å². The Hall–Kier alpha value is 1.52. The van der Waals surface area contributed by atoms with E-state index < -0.39 is 0 Å². The Morgan fingerprint density at radius 2 is 0.579 bits per heavy atom. The summed E-state index contributed by atoms with van der Waals surface area (Å²) in [6, 6.07) is 0. The number of rotatable bonds is 2. The van der Waals surface area contributed by atoms with Crippen molar-refractivity contribution in [3.8, 4) is 0 Å². The van der Waals surface area contributed by atoms with Gasteiger partial charge in [-0.15, -0.1) is 0 Å². The van der Waals surface area contributed by atoms with Crippen LogP contribution in [0.2, 0.25) is 0 Å². The molecule has 0 rings (SSSR count). The Labute approximate surface area is 132 Å². The van der Waals surface area contributed by atoms with Crippen LogP contribution in [0.5, 0.6) is 0 Å². The monoisotopic (exact) mass is 396 g/mol. The Balaban J connectivity index is 5.43. The van der Waals surface area contributed by atoms with Gasteiger partial charge in [-0.25, -0.2) is 0 Å². The second-order valence-corrected chi connectivity index (χ2v) is 23.1. The van der Waals surface area contributed by atoms with E-state index in [1.165, 1.54) is 0 Å². The average molecular weight is 397 g/mol. The molecule has 0 radical (unpaired) electrons. The summed E-state index contributed by atoms with van der Waals surface area (Å²) in [7, 11) is 0. The van der Waals surface area contributed by atoms with Gasteiger partial charge in [0.15, 0.2) is 0 Å². The van der Waals surface area contributed by atoms with E-state index >= 15 is 0 Å². The minimum atomic E-state index is 0.0681. The number of hydrogen-bond acceptors (Lipinski definition) is 0. The molecule has 0 aliphatic rings. The molecule has 0 atom stereocenters. The van der Waals surface area contributed by atoms with E-state index in [2.05, 4.69) is 83.1 Å². The standard InChI is InChI=1S/2C8H18P.Pd/c2*1-7(2,3)9-8(4,5)6;/h2*1-6H3;/q2*-1;+2. The van der Waals surface area contributed by atoms with Crippen LogP contribution < -0.4 is 0 Å².